The summed E-state index contributed by atoms with van der Waals surface area (Å²) in [4.78, 5) is 25.3. The van der Waals surface area contributed by atoms with Crippen LogP contribution in [0.25, 0.3) is 10.9 Å². The maximum atomic E-state index is 11.4. The zero-order valence-electron chi connectivity index (χ0n) is 9.32. The van der Waals surface area contributed by atoms with Gasteiger partial charge in [-0.1, -0.05) is 18.7 Å². The Balaban J connectivity index is 2.54. The summed E-state index contributed by atoms with van der Waals surface area (Å²) < 4.78 is 5.14. The van der Waals surface area contributed by atoms with Gasteiger partial charge in [-0.25, -0.2) is 4.79 Å². The molecule has 0 spiro atoms. The molecule has 0 saturated carbocycles. The van der Waals surface area contributed by atoms with Crippen molar-refractivity contribution in [3.05, 3.63) is 52.8 Å². The summed E-state index contributed by atoms with van der Waals surface area (Å²) >= 11 is 0. The van der Waals surface area contributed by atoms with Crippen molar-refractivity contribution < 1.29 is 9.53 Å². The number of aromatic amines is 1. The third kappa shape index (κ3) is 2.25. The quantitative estimate of drug-likeness (QED) is 0.487. The third-order valence-corrected chi connectivity index (χ3v) is 2.27. The first-order valence-electron chi connectivity index (χ1n) is 5.07. The van der Waals surface area contributed by atoms with Crippen molar-refractivity contribution >= 4 is 16.9 Å². The molecule has 0 radical (unpaired) electrons. The van der Waals surface area contributed by atoms with Crippen molar-refractivity contribution in [2.24, 2.45) is 0 Å². The molecule has 1 aromatic heterocycles. The molecule has 86 valence electrons. The second-order valence-electron chi connectivity index (χ2n) is 3.71. The van der Waals surface area contributed by atoms with Gasteiger partial charge >= 0.3 is 5.97 Å². The van der Waals surface area contributed by atoms with Gasteiger partial charge in [-0.3, -0.25) is 4.79 Å². The number of H-pyrrole nitrogens is 1. The lowest BCUT2D eigenvalue weighted by atomic mass is 10.2. The van der Waals surface area contributed by atoms with Crippen molar-refractivity contribution in [3.8, 4) is 5.75 Å². The molecule has 4 nitrogen and oxygen atoms in total. The molecule has 0 aliphatic heterocycles. The van der Waals surface area contributed by atoms with E-state index < -0.39 is 5.97 Å². The lowest BCUT2D eigenvalue weighted by Gasteiger charge is -2.06. The Morgan fingerprint density at radius 2 is 2.06 bits per heavy atom. The molecule has 0 unspecified atom stereocenters. The van der Waals surface area contributed by atoms with Crippen molar-refractivity contribution in [3.63, 3.8) is 0 Å². The average Bonchev–Trinajstić information content (AvgIpc) is 2.29. The Morgan fingerprint density at radius 3 is 2.76 bits per heavy atom. The maximum Gasteiger partial charge on any atom is 0.338 e. The molecule has 0 aliphatic rings. The smallest absolute Gasteiger partial charge is 0.338 e. The monoisotopic (exact) mass is 229 g/mol. The highest BCUT2D eigenvalue weighted by atomic mass is 16.5. The second-order valence-corrected chi connectivity index (χ2v) is 3.71. The van der Waals surface area contributed by atoms with Crippen LogP contribution in [0.3, 0.4) is 0 Å². The van der Waals surface area contributed by atoms with E-state index in [9.17, 15) is 9.59 Å². The number of para-hydroxylation sites is 1. The Hall–Kier alpha value is -2.36. The lowest BCUT2D eigenvalue weighted by Crippen LogP contribution is -2.10. The Bertz CT molecular complexity index is 655. The number of hydrogen-bond donors (Lipinski definition) is 1. The van der Waals surface area contributed by atoms with Crippen LogP contribution in [-0.2, 0) is 4.79 Å². The largest absolute Gasteiger partial charge is 0.421 e. The minimum Gasteiger partial charge on any atom is -0.421 e. The van der Waals surface area contributed by atoms with Gasteiger partial charge in [-0.2, -0.15) is 0 Å². The summed E-state index contributed by atoms with van der Waals surface area (Å²) in [5, 5.41) is 0.802. The number of carbonyl (C=O) groups is 1. The van der Waals surface area contributed by atoms with Crippen LogP contribution in [0.5, 0.6) is 5.75 Å². The maximum absolute atomic E-state index is 11.4. The molecule has 0 fully saturated rings. The first kappa shape index (κ1) is 11.1. The van der Waals surface area contributed by atoms with Crippen LogP contribution < -0.4 is 10.3 Å². The van der Waals surface area contributed by atoms with Gasteiger partial charge in [-0.15, -0.1) is 0 Å². The number of esters is 1. The molecular formula is C13H11NO3. The summed E-state index contributed by atoms with van der Waals surface area (Å²) in [5.74, 6) is -0.185. The van der Waals surface area contributed by atoms with E-state index in [1.54, 1.807) is 25.1 Å². The van der Waals surface area contributed by atoms with Gasteiger partial charge in [0.25, 0.3) is 0 Å². The molecule has 2 aromatic rings. The molecule has 0 saturated heterocycles. The van der Waals surface area contributed by atoms with E-state index in [1.807, 2.05) is 6.07 Å². The van der Waals surface area contributed by atoms with Crippen LogP contribution in [0.1, 0.15) is 6.92 Å². The van der Waals surface area contributed by atoms with E-state index in [0.29, 0.717) is 16.8 Å². The molecule has 4 heteroatoms. The molecular weight excluding hydrogens is 218 g/mol. The van der Waals surface area contributed by atoms with E-state index in [2.05, 4.69) is 11.6 Å². The minimum absolute atomic E-state index is 0.240. The van der Waals surface area contributed by atoms with Crippen LogP contribution in [0.4, 0.5) is 0 Å². The summed E-state index contributed by atoms with van der Waals surface area (Å²) in [6.45, 7) is 5.07. The lowest BCUT2D eigenvalue weighted by molar-refractivity contribution is -0.129. The van der Waals surface area contributed by atoms with E-state index >= 15 is 0 Å². The number of aromatic nitrogens is 1. The van der Waals surface area contributed by atoms with E-state index in [0.717, 1.165) is 5.39 Å². The fourth-order valence-electron chi connectivity index (χ4n) is 1.42. The Labute approximate surface area is 97.5 Å². The van der Waals surface area contributed by atoms with Gasteiger partial charge in [0, 0.05) is 17.0 Å². The van der Waals surface area contributed by atoms with Gasteiger partial charge in [0.2, 0.25) is 5.56 Å². The van der Waals surface area contributed by atoms with Crippen LogP contribution in [0, 0.1) is 0 Å². The van der Waals surface area contributed by atoms with Crippen molar-refractivity contribution in [1.82, 2.24) is 4.98 Å². The van der Waals surface area contributed by atoms with Gasteiger partial charge < -0.3 is 9.72 Å². The fraction of sp³-hybridized carbons (Fsp3) is 0.0769. The van der Waals surface area contributed by atoms with Crippen LogP contribution >= 0.6 is 0 Å². The molecule has 0 amide bonds. The minimum atomic E-state index is -0.512. The van der Waals surface area contributed by atoms with Gasteiger partial charge in [0.05, 0.1) is 5.52 Å². The van der Waals surface area contributed by atoms with Crippen molar-refractivity contribution in [1.29, 1.82) is 0 Å². The number of ether oxygens (including phenoxy) is 1. The van der Waals surface area contributed by atoms with E-state index in [1.165, 1.54) is 6.07 Å². The average molecular weight is 229 g/mol. The van der Waals surface area contributed by atoms with E-state index in [-0.39, 0.29) is 5.56 Å². The second kappa shape index (κ2) is 4.25. The predicted molar refractivity (Wildman–Crippen MR) is 65.0 cm³/mol. The first-order valence-corrected chi connectivity index (χ1v) is 5.07. The molecule has 0 atom stereocenters. The summed E-state index contributed by atoms with van der Waals surface area (Å²) in [5.41, 5.74) is 0.575. The Kier molecular flexibility index (Phi) is 2.78. The highest BCUT2D eigenvalue weighted by Gasteiger charge is 2.08. The highest BCUT2D eigenvalue weighted by molar-refractivity contribution is 5.92. The molecule has 2 rings (SSSR count). The van der Waals surface area contributed by atoms with E-state index in [4.69, 9.17) is 4.74 Å². The zero-order chi connectivity index (χ0) is 12.4. The summed E-state index contributed by atoms with van der Waals surface area (Å²) in [7, 11) is 0. The van der Waals surface area contributed by atoms with Crippen molar-refractivity contribution in [2.75, 3.05) is 0 Å². The molecule has 1 heterocycles. The number of rotatable bonds is 2. The van der Waals surface area contributed by atoms with Gasteiger partial charge in [0.1, 0.15) is 0 Å². The van der Waals surface area contributed by atoms with Crippen LogP contribution in [-0.4, -0.2) is 11.0 Å². The molecule has 1 aromatic carbocycles. The number of hydrogen-bond acceptors (Lipinski definition) is 3. The van der Waals surface area contributed by atoms with Crippen LogP contribution in [0.15, 0.2) is 47.3 Å². The predicted octanol–water partition coefficient (Wildman–Crippen LogP) is 2.01. The van der Waals surface area contributed by atoms with Gasteiger partial charge in [-0.05, 0) is 19.1 Å². The number of carbonyl (C=O) groups excluding carboxylic acids is 1. The normalized spacial score (nSPS) is 10.2. The van der Waals surface area contributed by atoms with Crippen molar-refractivity contribution in [2.45, 2.75) is 6.92 Å². The SMILES string of the molecule is C=C(C)C(=O)Oc1cccc2ccc(=O)[nH]c12. The topological polar surface area (TPSA) is 59.2 Å². The fourth-order valence-corrected chi connectivity index (χ4v) is 1.42. The molecule has 1 N–H and O–H groups in total. The third-order valence-electron chi connectivity index (χ3n) is 2.27. The number of benzene rings is 1. The number of fused-ring (bicyclic) bond motifs is 1. The van der Waals surface area contributed by atoms with Gasteiger partial charge in [0.15, 0.2) is 5.75 Å². The molecule has 0 bridgehead atoms. The molecule has 17 heavy (non-hydrogen) atoms. The standard InChI is InChI=1S/C13H11NO3/c1-8(2)13(16)17-10-5-3-4-9-6-7-11(15)14-12(9)10/h3-7H,1H2,2H3,(H,14,15). The number of nitrogens with one attached hydrogen (secondary N) is 1. The summed E-state index contributed by atoms with van der Waals surface area (Å²) in [6.07, 6.45) is 0. The Morgan fingerprint density at radius 1 is 1.29 bits per heavy atom. The molecule has 0 aliphatic carbocycles. The summed E-state index contributed by atoms with van der Waals surface area (Å²) in [6, 6.07) is 8.29. The number of pyridine rings is 1. The first-order chi connectivity index (χ1) is 8.08. The zero-order valence-corrected chi connectivity index (χ0v) is 9.32. The van der Waals surface area contributed by atoms with Crippen LogP contribution in [0.2, 0.25) is 0 Å². The highest BCUT2D eigenvalue weighted by Crippen LogP contribution is 2.22.